The van der Waals surface area contributed by atoms with E-state index >= 15 is 0 Å². The summed E-state index contributed by atoms with van der Waals surface area (Å²) < 4.78 is 9.32. The molecule has 0 radical (unpaired) electrons. The van der Waals surface area contributed by atoms with Crippen molar-refractivity contribution in [2.24, 2.45) is 0 Å². The quantitative estimate of drug-likeness (QED) is 0.198. The van der Waals surface area contributed by atoms with E-state index in [9.17, 15) is 0 Å². The number of benzene rings is 7. The van der Waals surface area contributed by atoms with Crippen molar-refractivity contribution in [1.82, 2.24) is 14.5 Å². The number of hydrogen-bond acceptors (Lipinski definition) is 3. The Labute approximate surface area is 276 Å². The summed E-state index contributed by atoms with van der Waals surface area (Å²) in [5.74, 6) is 0.685. The lowest BCUT2D eigenvalue weighted by molar-refractivity contribution is 0.674. The maximum Gasteiger partial charge on any atom is 0.160 e. The predicted molar refractivity (Wildman–Crippen MR) is 197 cm³/mol. The topological polar surface area (TPSA) is 43.9 Å². The third-order valence-electron chi connectivity index (χ3n) is 9.42. The Kier molecular flexibility index (Phi) is 5.84. The highest BCUT2D eigenvalue weighted by Crippen LogP contribution is 2.43. The van der Waals surface area contributed by atoms with Crippen molar-refractivity contribution in [3.8, 4) is 39.5 Å². The van der Waals surface area contributed by atoms with Crippen LogP contribution in [0.5, 0.6) is 0 Å². The summed E-state index contributed by atoms with van der Waals surface area (Å²) in [5.41, 5.74) is 11.1. The average molecular weight is 614 g/mol. The van der Waals surface area contributed by atoms with Gasteiger partial charge in [0.2, 0.25) is 0 Å². The van der Waals surface area contributed by atoms with Crippen LogP contribution < -0.4 is 0 Å². The van der Waals surface area contributed by atoms with Crippen molar-refractivity contribution in [3.63, 3.8) is 0 Å². The summed E-state index contributed by atoms with van der Waals surface area (Å²) in [6, 6.07) is 57.0. The molecular weight excluding hydrogens is 587 g/mol. The lowest BCUT2D eigenvalue weighted by Gasteiger charge is -2.10. The molecule has 0 amide bonds. The van der Waals surface area contributed by atoms with Gasteiger partial charge in [0.05, 0.1) is 27.6 Å². The maximum absolute atomic E-state index is 6.99. The molecule has 0 fully saturated rings. The van der Waals surface area contributed by atoms with Gasteiger partial charge in [-0.1, -0.05) is 121 Å². The Morgan fingerprint density at radius 3 is 1.90 bits per heavy atom. The summed E-state index contributed by atoms with van der Waals surface area (Å²) in [6.45, 7) is 0. The SMILES string of the molecule is c1ccc(-c2ccc(-c3nc(-c4cccc5c4oc4c5ccc5c4c4ccccc4n5-c4ccccc4)c4ccccc4n3)cc2)cc1. The molecule has 0 atom stereocenters. The Hall–Kier alpha value is -6.52. The van der Waals surface area contributed by atoms with Crippen LogP contribution in [0.25, 0.3) is 94.1 Å². The van der Waals surface area contributed by atoms with Crippen LogP contribution in [0.2, 0.25) is 0 Å². The molecule has 4 heteroatoms. The molecule has 0 unspecified atom stereocenters. The highest BCUT2D eigenvalue weighted by Gasteiger charge is 2.21. The Morgan fingerprint density at radius 1 is 0.417 bits per heavy atom. The zero-order valence-electron chi connectivity index (χ0n) is 25.8. The van der Waals surface area contributed by atoms with Gasteiger partial charge in [-0.15, -0.1) is 0 Å². The molecule has 0 aliphatic carbocycles. The van der Waals surface area contributed by atoms with Gasteiger partial charge in [0.25, 0.3) is 0 Å². The highest BCUT2D eigenvalue weighted by atomic mass is 16.3. The first kappa shape index (κ1) is 26.7. The molecule has 0 saturated heterocycles. The van der Waals surface area contributed by atoms with Crippen LogP contribution in [-0.4, -0.2) is 14.5 Å². The lowest BCUT2D eigenvalue weighted by Crippen LogP contribution is -1.95. The fourth-order valence-electron chi connectivity index (χ4n) is 7.20. The van der Waals surface area contributed by atoms with Gasteiger partial charge in [-0.05, 0) is 53.6 Å². The van der Waals surface area contributed by atoms with Gasteiger partial charge in [-0.25, -0.2) is 9.97 Å². The van der Waals surface area contributed by atoms with Gasteiger partial charge < -0.3 is 8.98 Å². The van der Waals surface area contributed by atoms with Crippen molar-refractivity contribution in [3.05, 3.63) is 164 Å². The molecule has 0 bridgehead atoms. The molecule has 0 aliphatic rings. The first-order valence-corrected chi connectivity index (χ1v) is 16.2. The minimum Gasteiger partial charge on any atom is -0.455 e. The third-order valence-corrected chi connectivity index (χ3v) is 9.42. The van der Waals surface area contributed by atoms with E-state index in [1.165, 1.54) is 5.56 Å². The van der Waals surface area contributed by atoms with E-state index in [2.05, 4.69) is 150 Å². The smallest absolute Gasteiger partial charge is 0.160 e. The number of furan rings is 1. The second-order valence-corrected chi connectivity index (χ2v) is 12.2. The molecule has 7 aromatic carbocycles. The fraction of sp³-hybridized carbons (Fsp3) is 0. The normalized spacial score (nSPS) is 11.8. The van der Waals surface area contributed by atoms with E-state index in [0.717, 1.165) is 82.7 Å². The molecule has 0 saturated carbocycles. The van der Waals surface area contributed by atoms with Gasteiger partial charge in [0, 0.05) is 38.4 Å². The van der Waals surface area contributed by atoms with Gasteiger partial charge in [0.1, 0.15) is 11.2 Å². The summed E-state index contributed by atoms with van der Waals surface area (Å²) >= 11 is 0. The second-order valence-electron chi connectivity index (χ2n) is 12.2. The summed E-state index contributed by atoms with van der Waals surface area (Å²) in [4.78, 5) is 10.3. The van der Waals surface area contributed by atoms with Gasteiger partial charge in [0.15, 0.2) is 5.82 Å². The average Bonchev–Trinajstić information content (AvgIpc) is 3.71. The Balaban J connectivity index is 1.21. The third kappa shape index (κ3) is 4.03. The Morgan fingerprint density at radius 2 is 1.06 bits per heavy atom. The van der Waals surface area contributed by atoms with E-state index in [-0.39, 0.29) is 0 Å². The Bertz CT molecular complexity index is 2810. The zero-order chi connectivity index (χ0) is 31.6. The monoisotopic (exact) mass is 613 g/mol. The molecule has 3 aromatic heterocycles. The largest absolute Gasteiger partial charge is 0.455 e. The lowest BCUT2D eigenvalue weighted by atomic mass is 10.0. The van der Waals surface area contributed by atoms with Gasteiger partial charge in [-0.3, -0.25) is 0 Å². The number of rotatable bonds is 4. The minimum absolute atomic E-state index is 0.685. The zero-order valence-corrected chi connectivity index (χ0v) is 25.8. The molecule has 4 nitrogen and oxygen atoms in total. The summed E-state index contributed by atoms with van der Waals surface area (Å²) in [6.07, 6.45) is 0. The first-order chi connectivity index (χ1) is 23.8. The van der Waals surface area contributed by atoms with Crippen molar-refractivity contribution < 1.29 is 4.42 Å². The van der Waals surface area contributed by atoms with Crippen LogP contribution in [0.15, 0.2) is 168 Å². The standard InChI is InChI=1S/C44H27N3O/c1-3-12-28(13-4-1)29-22-24-30(25-23-29)44-45-37-20-9-7-16-34(37)41(46-44)36-19-11-18-32-33-26-27-39-40(43(33)48-42(32)36)35-17-8-10-21-38(35)47(39)31-14-5-2-6-15-31/h1-27H. The van der Waals surface area contributed by atoms with E-state index in [1.54, 1.807) is 0 Å². The molecule has 10 rings (SSSR count). The van der Waals surface area contributed by atoms with Crippen molar-refractivity contribution in [1.29, 1.82) is 0 Å². The molecule has 48 heavy (non-hydrogen) atoms. The molecule has 0 aliphatic heterocycles. The van der Waals surface area contributed by atoms with Crippen LogP contribution in [0.1, 0.15) is 0 Å². The minimum atomic E-state index is 0.685. The van der Waals surface area contributed by atoms with E-state index in [0.29, 0.717) is 5.82 Å². The second kappa shape index (κ2) is 10.5. The fourth-order valence-corrected chi connectivity index (χ4v) is 7.20. The predicted octanol–water partition coefficient (Wildman–Crippen LogP) is 11.6. The van der Waals surface area contributed by atoms with Crippen LogP contribution in [0.3, 0.4) is 0 Å². The maximum atomic E-state index is 6.99. The van der Waals surface area contributed by atoms with Crippen molar-refractivity contribution >= 4 is 54.6 Å². The number of para-hydroxylation sites is 4. The molecule has 3 heterocycles. The van der Waals surface area contributed by atoms with Crippen LogP contribution in [-0.2, 0) is 0 Å². The molecular formula is C44H27N3O. The molecule has 224 valence electrons. The van der Waals surface area contributed by atoms with Crippen LogP contribution in [0, 0.1) is 0 Å². The number of fused-ring (bicyclic) bond motifs is 8. The van der Waals surface area contributed by atoms with E-state index < -0.39 is 0 Å². The van der Waals surface area contributed by atoms with Crippen LogP contribution in [0.4, 0.5) is 0 Å². The molecule has 0 spiro atoms. The molecule has 0 N–H and O–H groups in total. The van der Waals surface area contributed by atoms with Gasteiger partial charge in [-0.2, -0.15) is 0 Å². The number of nitrogens with zero attached hydrogens (tertiary/aromatic N) is 3. The summed E-state index contributed by atoms with van der Waals surface area (Å²) in [5, 5.41) is 5.42. The van der Waals surface area contributed by atoms with E-state index in [4.69, 9.17) is 14.4 Å². The van der Waals surface area contributed by atoms with Gasteiger partial charge >= 0.3 is 0 Å². The molecule has 10 aromatic rings. The van der Waals surface area contributed by atoms with Crippen molar-refractivity contribution in [2.75, 3.05) is 0 Å². The van der Waals surface area contributed by atoms with Crippen LogP contribution >= 0.6 is 0 Å². The number of hydrogen-bond donors (Lipinski definition) is 0. The van der Waals surface area contributed by atoms with Crippen molar-refractivity contribution in [2.45, 2.75) is 0 Å². The highest BCUT2D eigenvalue weighted by molar-refractivity contribution is 6.25. The first-order valence-electron chi connectivity index (χ1n) is 16.2. The number of aromatic nitrogens is 3. The van der Waals surface area contributed by atoms with E-state index in [1.807, 2.05) is 18.2 Å². The summed E-state index contributed by atoms with van der Waals surface area (Å²) in [7, 11) is 0.